The molecule has 0 unspecified atom stereocenters. The van der Waals surface area contributed by atoms with E-state index in [4.69, 9.17) is 4.74 Å². The number of hydrogen-bond donors (Lipinski definition) is 5. The molecule has 13 nitrogen and oxygen atoms in total. The maximum absolute atomic E-state index is 13.5. The van der Waals surface area contributed by atoms with Crippen LogP contribution in [0.2, 0.25) is 0 Å². The monoisotopic (exact) mass is 619 g/mol. The number of aryl methyl sites for hydroxylation is 1. The van der Waals surface area contributed by atoms with Crippen molar-refractivity contribution < 1.29 is 29.0 Å². The zero-order chi connectivity index (χ0) is 32.2. The Bertz CT molecular complexity index is 1430. The highest BCUT2D eigenvalue weighted by molar-refractivity contribution is 5.99. The Kier molecular flexibility index (Phi) is 12.0. The van der Waals surface area contributed by atoms with Crippen molar-refractivity contribution in [2.75, 3.05) is 6.61 Å². The molecule has 2 aliphatic rings. The summed E-state index contributed by atoms with van der Waals surface area (Å²) in [6.45, 7) is 4.35. The topological polar surface area (TPSA) is 177 Å². The number of nitrogens with zero attached hydrogens (tertiary/aromatic N) is 3. The molecule has 0 fully saturated rings. The molecule has 0 saturated carbocycles. The Morgan fingerprint density at radius 2 is 1.71 bits per heavy atom. The normalized spacial score (nSPS) is 21.1. The smallest absolute Gasteiger partial charge is 0.251 e. The molecule has 3 heterocycles. The van der Waals surface area contributed by atoms with Gasteiger partial charge >= 0.3 is 0 Å². The summed E-state index contributed by atoms with van der Waals surface area (Å²) in [7, 11) is 0. The molecule has 5 rings (SSSR count). The number of aliphatic hydroxyl groups excluding tert-OH is 1. The van der Waals surface area contributed by atoms with Gasteiger partial charge in [-0.1, -0.05) is 55.3 Å². The highest BCUT2D eigenvalue weighted by Crippen LogP contribution is 2.14. The van der Waals surface area contributed by atoms with Gasteiger partial charge in [0, 0.05) is 24.9 Å². The SMILES string of the molecule is CCCC[C@@H]1NC(=O)c2ccc(cc2)OCCCn2cc(nn2)CNC(=O)[C@@H](Cc2ccccc2)NC(=O)[C@H]([C@@H](C)O)NC1=O. The van der Waals surface area contributed by atoms with Gasteiger partial charge < -0.3 is 31.1 Å². The standard InChI is InChI=1S/C32H41N7O6/c1-3-4-11-26-31(43)36-28(21(2)40)32(44)35-27(18-22-9-6-5-7-10-22)30(42)33-19-24-20-39(38-37-24)16-8-17-45-25-14-12-23(13-15-25)29(41)34-26/h5-7,9-10,12-15,20-21,26-28,40H,3-4,8,11,16-19H2,1-2H3,(H,33,42)(H,34,41)(H,35,44)(H,36,43)/t21-,26+,27-,28+/m1/s1. The number of unbranched alkanes of at least 4 members (excludes halogenated alkanes) is 1. The number of aliphatic hydroxyl groups is 1. The van der Waals surface area contributed by atoms with E-state index in [9.17, 15) is 24.3 Å². The van der Waals surface area contributed by atoms with Crippen LogP contribution in [0.4, 0.5) is 0 Å². The van der Waals surface area contributed by atoms with Gasteiger partial charge in [0.1, 0.15) is 29.6 Å². The molecule has 240 valence electrons. The lowest BCUT2D eigenvalue weighted by Crippen LogP contribution is -2.60. The Morgan fingerprint density at radius 1 is 0.956 bits per heavy atom. The van der Waals surface area contributed by atoms with Crippen molar-refractivity contribution in [3.05, 3.63) is 77.6 Å². The van der Waals surface area contributed by atoms with Gasteiger partial charge in [0.2, 0.25) is 17.7 Å². The van der Waals surface area contributed by atoms with E-state index in [1.165, 1.54) is 6.92 Å². The molecule has 2 aromatic carbocycles. The quantitative estimate of drug-likeness (QED) is 0.256. The van der Waals surface area contributed by atoms with Crippen LogP contribution in [-0.2, 0) is 33.9 Å². The van der Waals surface area contributed by atoms with Crippen molar-refractivity contribution in [3.8, 4) is 5.75 Å². The lowest BCUT2D eigenvalue weighted by atomic mass is 10.0. The van der Waals surface area contributed by atoms with Crippen LogP contribution < -0.4 is 26.0 Å². The van der Waals surface area contributed by atoms with Crippen LogP contribution >= 0.6 is 0 Å². The molecule has 13 heteroatoms. The minimum atomic E-state index is -1.39. The Hall–Kier alpha value is -4.78. The fourth-order valence-corrected chi connectivity index (χ4v) is 4.85. The van der Waals surface area contributed by atoms with Crippen molar-refractivity contribution in [1.82, 2.24) is 36.3 Å². The predicted molar refractivity (Wildman–Crippen MR) is 165 cm³/mol. The van der Waals surface area contributed by atoms with Gasteiger partial charge in [-0.15, -0.1) is 5.10 Å². The second-order valence-electron chi connectivity index (χ2n) is 11.1. The van der Waals surface area contributed by atoms with Crippen LogP contribution in [-0.4, -0.2) is 74.6 Å². The van der Waals surface area contributed by atoms with Crippen molar-refractivity contribution in [2.24, 2.45) is 0 Å². The first-order chi connectivity index (χ1) is 21.7. The van der Waals surface area contributed by atoms with Crippen LogP contribution in [0.25, 0.3) is 0 Å². The van der Waals surface area contributed by atoms with Crippen LogP contribution in [0, 0.1) is 0 Å². The average Bonchev–Trinajstić information content (AvgIpc) is 3.50. The van der Waals surface area contributed by atoms with Crippen LogP contribution in [0.15, 0.2) is 60.8 Å². The number of hydrogen-bond acceptors (Lipinski definition) is 8. The largest absolute Gasteiger partial charge is 0.494 e. The van der Waals surface area contributed by atoms with Crippen LogP contribution in [0.5, 0.6) is 5.75 Å². The summed E-state index contributed by atoms with van der Waals surface area (Å²) in [5.74, 6) is -1.71. The Labute approximate surface area is 262 Å². The summed E-state index contributed by atoms with van der Waals surface area (Å²) < 4.78 is 7.46. The van der Waals surface area contributed by atoms with Crippen LogP contribution in [0.1, 0.15) is 61.1 Å². The summed E-state index contributed by atoms with van der Waals surface area (Å²) >= 11 is 0. The lowest BCUT2D eigenvalue weighted by Gasteiger charge is -2.27. The van der Waals surface area contributed by atoms with Gasteiger partial charge in [0.15, 0.2) is 0 Å². The number of benzene rings is 2. The maximum atomic E-state index is 13.5. The molecule has 4 atom stereocenters. The highest BCUT2D eigenvalue weighted by Gasteiger charge is 2.32. The number of fused-ring (bicyclic) bond motifs is 16. The summed E-state index contributed by atoms with van der Waals surface area (Å²) in [4.78, 5) is 53.4. The van der Waals surface area contributed by atoms with Crippen molar-refractivity contribution in [3.63, 3.8) is 0 Å². The number of rotatable bonds is 6. The second-order valence-corrected chi connectivity index (χ2v) is 11.1. The van der Waals surface area contributed by atoms with Crippen molar-refractivity contribution in [1.29, 1.82) is 0 Å². The molecule has 2 aliphatic heterocycles. The lowest BCUT2D eigenvalue weighted by molar-refractivity contribution is -0.134. The Balaban J connectivity index is 1.60. The summed E-state index contributed by atoms with van der Waals surface area (Å²) in [6.07, 6.45) is 2.98. The molecule has 4 amide bonds. The van der Waals surface area contributed by atoms with E-state index in [1.807, 2.05) is 37.3 Å². The van der Waals surface area contributed by atoms with Gasteiger partial charge in [0.05, 0.1) is 25.5 Å². The third-order valence-corrected chi connectivity index (χ3v) is 7.39. The molecular weight excluding hydrogens is 578 g/mol. The number of nitrogens with one attached hydrogen (secondary N) is 4. The van der Waals surface area contributed by atoms with E-state index < -0.39 is 47.9 Å². The third kappa shape index (κ3) is 9.86. The van der Waals surface area contributed by atoms with E-state index in [0.717, 1.165) is 12.0 Å². The first kappa shape index (κ1) is 33.1. The molecule has 45 heavy (non-hydrogen) atoms. The third-order valence-electron chi connectivity index (χ3n) is 7.39. The van der Waals surface area contributed by atoms with Crippen molar-refractivity contribution >= 4 is 23.6 Å². The summed E-state index contributed by atoms with van der Waals surface area (Å²) in [5, 5.41) is 29.6. The van der Waals surface area contributed by atoms with Gasteiger partial charge in [-0.3, -0.25) is 23.9 Å². The van der Waals surface area contributed by atoms with Gasteiger partial charge in [-0.25, -0.2) is 0 Å². The molecule has 5 N–H and O–H groups in total. The molecule has 3 aromatic rings. The highest BCUT2D eigenvalue weighted by atomic mass is 16.5. The predicted octanol–water partition coefficient (Wildman–Crippen LogP) is 1.26. The minimum Gasteiger partial charge on any atom is -0.494 e. The van der Waals surface area contributed by atoms with Crippen LogP contribution in [0.3, 0.4) is 0 Å². The number of amides is 4. The molecule has 0 spiro atoms. The van der Waals surface area contributed by atoms with Gasteiger partial charge in [-0.2, -0.15) is 0 Å². The fourth-order valence-electron chi connectivity index (χ4n) is 4.85. The van der Waals surface area contributed by atoms with E-state index >= 15 is 0 Å². The molecule has 0 radical (unpaired) electrons. The maximum Gasteiger partial charge on any atom is 0.251 e. The molecule has 4 bridgehead atoms. The molecule has 1 aromatic heterocycles. The number of carbonyl (C=O) groups excluding carboxylic acids is 4. The summed E-state index contributed by atoms with van der Waals surface area (Å²) in [6, 6.07) is 12.4. The molecule has 0 saturated heterocycles. The summed E-state index contributed by atoms with van der Waals surface area (Å²) in [5.41, 5.74) is 1.67. The first-order valence-corrected chi connectivity index (χ1v) is 15.3. The average molecular weight is 620 g/mol. The van der Waals surface area contributed by atoms with Gasteiger partial charge in [-0.05, 0) is 43.2 Å². The number of ether oxygens (including phenoxy) is 1. The zero-order valence-electron chi connectivity index (χ0n) is 25.6. The first-order valence-electron chi connectivity index (χ1n) is 15.3. The number of aromatic nitrogens is 3. The Morgan fingerprint density at radius 3 is 2.42 bits per heavy atom. The van der Waals surface area contributed by atoms with E-state index in [2.05, 4.69) is 31.6 Å². The fraction of sp³-hybridized carbons (Fsp3) is 0.438. The van der Waals surface area contributed by atoms with E-state index in [0.29, 0.717) is 49.4 Å². The van der Waals surface area contributed by atoms with Crippen molar-refractivity contribution in [2.45, 2.75) is 83.3 Å². The second kappa shape index (κ2) is 16.3. The van der Waals surface area contributed by atoms with E-state index in [1.54, 1.807) is 35.1 Å². The number of carbonyl (C=O) groups is 4. The van der Waals surface area contributed by atoms with E-state index in [-0.39, 0.29) is 13.0 Å². The van der Waals surface area contributed by atoms with Gasteiger partial charge in [0.25, 0.3) is 5.91 Å². The zero-order valence-corrected chi connectivity index (χ0v) is 25.6. The molecular formula is C32H41N7O6. The molecule has 0 aliphatic carbocycles. The minimum absolute atomic E-state index is 0.0816.